The third kappa shape index (κ3) is 4.82. The lowest BCUT2D eigenvalue weighted by molar-refractivity contribution is 0.0526. The summed E-state index contributed by atoms with van der Waals surface area (Å²) in [5.41, 5.74) is 7.93. The molecule has 1 aromatic carbocycles. The van der Waals surface area contributed by atoms with Crippen molar-refractivity contribution in [3.05, 3.63) is 23.8 Å². The highest BCUT2D eigenvalue weighted by molar-refractivity contribution is 7.99. The van der Waals surface area contributed by atoms with E-state index in [2.05, 4.69) is 10.2 Å². The molecular weight excluding hydrogens is 286 g/mol. The third-order valence-electron chi connectivity index (χ3n) is 3.41. The Bertz CT molecular complexity index is 476. The predicted octanol–water partition coefficient (Wildman–Crippen LogP) is 1.91. The maximum absolute atomic E-state index is 11.7. The van der Waals surface area contributed by atoms with E-state index in [9.17, 15) is 4.79 Å². The van der Waals surface area contributed by atoms with Crippen LogP contribution >= 0.6 is 11.8 Å². The molecule has 1 saturated heterocycles. The molecule has 116 valence electrons. The first-order valence-corrected chi connectivity index (χ1v) is 8.47. The lowest BCUT2D eigenvalue weighted by Crippen LogP contribution is -2.36. The number of carbonyl (C=O) groups is 1. The minimum atomic E-state index is -0.311. The number of benzene rings is 1. The lowest BCUT2D eigenvalue weighted by Gasteiger charge is -2.26. The van der Waals surface area contributed by atoms with Crippen LogP contribution in [0.4, 0.5) is 11.4 Å². The van der Waals surface area contributed by atoms with Crippen LogP contribution in [0, 0.1) is 0 Å². The van der Waals surface area contributed by atoms with Crippen LogP contribution < -0.4 is 11.1 Å². The van der Waals surface area contributed by atoms with E-state index in [4.69, 9.17) is 10.5 Å². The summed E-state index contributed by atoms with van der Waals surface area (Å²) in [5.74, 6) is 2.11. The van der Waals surface area contributed by atoms with Crippen LogP contribution in [0.3, 0.4) is 0 Å². The maximum atomic E-state index is 11.7. The van der Waals surface area contributed by atoms with Gasteiger partial charge in [0.15, 0.2) is 0 Å². The van der Waals surface area contributed by atoms with Crippen molar-refractivity contribution in [3.63, 3.8) is 0 Å². The van der Waals surface area contributed by atoms with E-state index in [1.54, 1.807) is 25.1 Å². The van der Waals surface area contributed by atoms with Gasteiger partial charge in [-0.05, 0) is 25.1 Å². The summed E-state index contributed by atoms with van der Waals surface area (Å²) in [6, 6.07) is 5.20. The molecule has 1 aliphatic rings. The minimum absolute atomic E-state index is 0.311. The Morgan fingerprint density at radius 1 is 1.43 bits per heavy atom. The first-order chi connectivity index (χ1) is 10.2. The summed E-state index contributed by atoms with van der Waals surface area (Å²) < 4.78 is 5.00. The summed E-state index contributed by atoms with van der Waals surface area (Å²) in [7, 11) is 0. The second-order valence-electron chi connectivity index (χ2n) is 4.90. The second-order valence-corrected chi connectivity index (χ2v) is 6.13. The summed E-state index contributed by atoms with van der Waals surface area (Å²) >= 11 is 2.01. The molecule has 0 aromatic heterocycles. The number of anilines is 2. The van der Waals surface area contributed by atoms with E-state index in [0.29, 0.717) is 17.9 Å². The van der Waals surface area contributed by atoms with Crippen molar-refractivity contribution in [3.8, 4) is 0 Å². The van der Waals surface area contributed by atoms with Gasteiger partial charge >= 0.3 is 5.97 Å². The predicted molar refractivity (Wildman–Crippen MR) is 89.1 cm³/mol. The summed E-state index contributed by atoms with van der Waals surface area (Å²) in [5, 5.41) is 3.32. The number of rotatable bonds is 6. The van der Waals surface area contributed by atoms with E-state index in [0.717, 1.165) is 31.9 Å². The Balaban J connectivity index is 1.89. The first kappa shape index (κ1) is 16.0. The normalized spacial score (nSPS) is 15.7. The van der Waals surface area contributed by atoms with Crippen molar-refractivity contribution < 1.29 is 9.53 Å². The highest BCUT2D eigenvalue weighted by Crippen LogP contribution is 2.20. The number of carbonyl (C=O) groups excluding carboxylic acids is 1. The van der Waals surface area contributed by atoms with E-state index in [-0.39, 0.29) is 5.97 Å². The number of hydrogen-bond acceptors (Lipinski definition) is 6. The van der Waals surface area contributed by atoms with Gasteiger partial charge in [-0.3, -0.25) is 4.90 Å². The number of nitrogens with zero attached hydrogens (tertiary/aromatic N) is 1. The molecule has 2 rings (SSSR count). The van der Waals surface area contributed by atoms with Crippen LogP contribution in [0.1, 0.15) is 17.3 Å². The molecule has 0 saturated carbocycles. The topological polar surface area (TPSA) is 67.6 Å². The fraction of sp³-hybridized carbons (Fsp3) is 0.533. The molecule has 6 heteroatoms. The standard InChI is InChI=1S/C15H23N3O2S/c1-2-20-15(19)12-3-4-13(16)14(11-12)17-5-6-18-7-9-21-10-8-18/h3-4,11,17H,2,5-10,16H2,1H3. The molecule has 0 amide bonds. The molecule has 1 aromatic rings. The van der Waals surface area contributed by atoms with E-state index < -0.39 is 0 Å². The van der Waals surface area contributed by atoms with Gasteiger partial charge in [-0.2, -0.15) is 11.8 Å². The molecule has 0 unspecified atom stereocenters. The van der Waals surface area contributed by atoms with Gasteiger partial charge < -0.3 is 15.8 Å². The van der Waals surface area contributed by atoms with Crippen molar-refractivity contribution in [2.75, 3.05) is 55.3 Å². The quantitative estimate of drug-likeness (QED) is 0.618. The van der Waals surface area contributed by atoms with Gasteiger partial charge in [-0.25, -0.2) is 4.79 Å². The molecule has 21 heavy (non-hydrogen) atoms. The zero-order valence-corrected chi connectivity index (χ0v) is 13.2. The van der Waals surface area contributed by atoms with Crippen molar-refractivity contribution in [2.45, 2.75) is 6.92 Å². The van der Waals surface area contributed by atoms with Gasteiger partial charge in [0.1, 0.15) is 0 Å². The highest BCUT2D eigenvalue weighted by Gasteiger charge is 2.11. The van der Waals surface area contributed by atoms with E-state index >= 15 is 0 Å². The summed E-state index contributed by atoms with van der Waals surface area (Å²) in [4.78, 5) is 14.2. The van der Waals surface area contributed by atoms with Crippen LogP contribution in [-0.4, -0.2) is 55.2 Å². The van der Waals surface area contributed by atoms with E-state index in [1.807, 2.05) is 11.8 Å². The first-order valence-electron chi connectivity index (χ1n) is 7.31. The molecule has 0 radical (unpaired) electrons. The molecule has 3 N–H and O–H groups in total. The molecule has 1 aliphatic heterocycles. The number of thioether (sulfide) groups is 1. The number of hydrogen-bond donors (Lipinski definition) is 2. The smallest absolute Gasteiger partial charge is 0.338 e. The van der Waals surface area contributed by atoms with Gasteiger partial charge in [0.2, 0.25) is 0 Å². The second kappa shape index (κ2) is 8.14. The van der Waals surface area contributed by atoms with Crippen LogP contribution in [0.5, 0.6) is 0 Å². The third-order valence-corrected chi connectivity index (χ3v) is 4.35. The molecule has 1 fully saturated rings. The van der Waals surface area contributed by atoms with Gasteiger partial charge in [0.25, 0.3) is 0 Å². The number of nitrogens with one attached hydrogen (secondary N) is 1. The Labute approximate surface area is 130 Å². The minimum Gasteiger partial charge on any atom is -0.462 e. The number of esters is 1. The SMILES string of the molecule is CCOC(=O)c1ccc(N)c(NCCN2CCSCC2)c1. The lowest BCUT2D eigenvalue weighted by atomic mass is 10.1. The average Bonchev–Trinajstić information content (AvgIpc) is 2.50. The Hall–Kier alpha value is -1.40. The van der Waals surface area contributed by atoms with Crippen molar-refractivity contribution in [1.29, 1.82) is 0 Å². The van der Waals surface area contributed by atoms with Gasteiger partial charge in [-0.1, -0.05) is 0 Å². The molecule has 0 atom stereocenters. The molecular formula is C15H23N3O2S. The van der Waals surface area contributed by atoms with Crippen LogP contribution in [0.15, 0.2) is 18.2 Å². The Kier molecular flexibility index (Phi) is 6.20. The summed E-state index contributed by atoms with van der Waals surface area (Å²) in [6.45, 7) is 6.27. The van der Waals surface area contributed by atoms with Gasteiger partial charge in [0.05, 0.1) is 23.5 Å². The molecule has 0 aliphatic carbocycles. The van der Waals surface area contributed by atoms with Crippen LogP contribution in [0.2, 0.25) is 0 Å². The number of ether oxygens (including phenoxy) is 1. The van der Waals surface area contributed by atoms with Gasteiger partial charge in [-0.15, -0.1) is 0 Å². The Morgan fingerprint density at radius 3 is 2.90 bits per heavy atom. The molecule has 0 bridgehead atoms. The highest BCUT2D eigenvalue weighted by atomic mass is 32.2. The van der Waals surface area contributed by atoms with Crippen LogP contribution in [0.25, 0.3) is 0 Å². The van der Waals surface area contributed by atoms with Crippen molar-refractivity contribution >= 4 is 29.1 Å². The van der Waals surface area contributed by atoms with Gasteiger partial charge in [0, 0.05) is 37.7 Å². The summed E-state index contributed by atoms with van der Waals surface area (Å²) in [6.07, 6.45) is 0. The van der Waals surface area contributed by atoms with Crippen molar-refractivity contribution in [2.24, 2.45) is 0 Å². The fourth-order valence-corrected chi connectivity index (χ4v) is 3.20. The zero-order valence-electron chi connectivity index (χ0n) is 12.4. The molecule has 1 heterocycles. The van der Waals surface area contributed by atoms with Crippen LogP contribution in [-0.2, 0) is 4.74 Å². The van der Waals surface area contributed by atoms with Crippen molar-refractivity contribution in [1.82, 2.24) is 4.90 Å². The van der Waals surface area contributed by atoms with E-state index in [1.165, 1.54) is 11.5 Å². The average molecular weight is 309 g/mol. The fourth-order valence-electron chi connectivity index (χ4n) is 2.22. The number of nitrogen functional groups attached to an aromatic ring is 1. The maximum Gasteiger partial charge on any atom is 0.338 e. The zero-order chi connectivity index (χ0) is 15.1. The molecule has 0 spiro atoms. The molecule has 5 nitrogen and oxygen atoms in total. The Morgan fingerprint density at radius 2 is 2.19 bits per heavy atom. The monoisotopic (exact) mass is 309 g/mol. The number of nitrogens with two attached hydrogens (primary N) is 1. The largest absolute Gasteiger partial charge is 0.462 e.